The first-order valence-electron chi connectivity index (χ1n) is 6.70. The second kappa shape index (κ2) is 5.45. The second-order valence-corrected chi connectivity index (χ2v) is 4.90. The smallest absolute Gasteiger partial charge is 0.203 e. The number of hydrogen-bond donors (Lipinski definition) is 1. The van der Waals surface area contributed by atoms with Crippen molar-refractivity contribution in [3.63, 3.8) is 0 Å². The minimum absolute atomic E-state index is 0.537. The zero-order valence-corrected chi connectivity index (χ0v) is 11.1. The zero-order chi connectivity index (χ0) is 13.1. The molecule has 2 aromatic rings. The van der Waals surface area contributed by atoms with Crippen molar-refractivity contribution in [1.29, 1.82) is 0 Å². The van der Waals surface area contributed by atoms with Crippen molar-refractivity contribution >= 4 is 5.95 Å². The Bertz CT molecular complexity index is 523. The van der Waals surface area contributed by atoms with Crippen LogP contribution in [0.1, 0.15) is 23.9 Å². The lowest BCUT2D eigenvalue weighted by Crippen LogP contribution is -2.12. The van der Waals surface area contributed by atoms with Crippen LogP contribution in [0.4, 0.5) is 5.95 Å². The van der Waals surface area contributed by atoms with Crippen LogP contribution in [-0.2, 0) is 4.74 Å². The minimum atomic E-state index is 0.537. The Morgan fingerprint density at radius 1 is 1.37 bits per heavy atom. The number of ether oxygens (including phenoxy) is 1. The molecule has 1 aromatic heterocycles. The fraction of sp³-hybridized carbons (Fsp3) is 0.400. The number of aromatic nitrogens is 2. The van der Waals surface area contributed by atoms with Gasteiger partial charge >= 0.3 is 0 Å². The van der Waals surface area contributed by atoms with Crippen molar-refractivity contribution < 1.29 is 4.74 Å². The van der Waals surface area contributed by atoms with E-state index in [4.69, 9.17) is 4.74 Å². The summed E-state index contributed by atoms with van der Waals surface area (Å²) >= 11 is 0. The van der Waals surface area contributed by atoms with Gasteiger partial charge in [-0.3, -0.25) is 0 Å². The standard InChI is InChI=1S/C15H19N3O/c1-19-10-8-17-15-16-7-9-18(15)14-11-13(14)12-5-3-2-4-6-12/h2-7,9,13-14H,8,10-11H2,1H3,(H,16,17). The molecule has 2 atom stereocenters. The van der Waals surface area contributed by atoms with Gasteiger partial charge in [-0.15, -0.1) is 0 Å². The quantitative estimate of drug-likeness (QED) is 0.809. The number of anilines is 1. The highest BCUT2D eigenvalue weighted by Crippen LogP contribution is 2.52. The van der Waals surface area contributed by atoms with E-state index in [9.17, 15) is 0 Å². The number of benzene rings is 1. The summed E-state index contributed by atoms with van der Waals surface area (Å²) in [7, 11) is 1.71. The summed E-state index contributed by atoms with van der Waals surface area (Å²) in [4.78, 5) is 4.37. The van der Waals surface area contributed by atoms with E-state index < -0.39 is 0 Å². The van der Waals surface area contributed by atoms with Crippen LogP contribution in [0, 0.1) is 0 Å². The molecule has 4 nitrogen and oxygen atoms in total. The molecule has 1 aliphatic carbocycles. The van der Waals surface area contributed by atoms with Gasteiger partial charge < -0.3 is 14.6 Å². The van der Waals surface area contributed by atoms with E-state index >= 15 is 0 Å². The maximum Gasteiger partial charge on any atom is 0.203 e. The highest BCUT2D eigenvalue weighted by Gasteiger charge is 2.40. The van der Waals surface area contributed by atoms with E-state index in [1.807, 2.05) is 6.20 Å². The fourth-order valence-electron chi connectivity index (χ4n) is 2.53. The van der Waals surface area contributed by atoms with Gasteiger partial charge in [-0.2, -0.15) is 0 Å². The summed E-state index contributed by atoms with van der Waals surface area (Å²) in [5.41, 5.74) is 1.42. The third-order valence-corrected chi connectivity index (χ3v) is 3.60. The molecule has 0 spiro atoms. The Kier molecular flexibility index (Phi) is 3.51. The average molecular weight is 257 g/mol. The summed E-state index contributed by atoms with van der Waals surface area (Å²) < 4.78 is 7.29. The molecule has 1 saturated carbocycles. The van der Waals surface area contributed by atoms with Gasteiger partial charge in [-0.05, 0) is 12.0 Å². The molecular formula is C15H19N3O. The first kappa shape index (κ1) is 12.2. The van der Waals surface area contributed by atoms with Crippen molar-refractivity contribution in [2.24, 2.45) is 0 Å². The summed E-state index contributed by atoms with van der Waals surface area (Å²) in [5.74, 6) is 1.57. The van der Waals surface area contributed by atoms with E-state index in [0.717, 1.165) is 12.5 Å². The molecule has 0 bridgehead atoms. The number of imidazole rings is 1. The summed E-state index contributed by atoms with van der Waals surface area (Å²) in [6.45, 7) is 1.48. The molecule has 1 aromatic carbocycles. The average Bonchev–Trinajstić information content (AvgIpc) is 3.12. The van der Waals surface area contributed by atoms with Crippen LogP contribution in [0.25, 0.3) is 0 Å². The zero-order valence-electron chi connectivity index (χ0n) is 11.1. The molecule has 0 amide bonds. The van der Waals surface area contributed by atoms with Crippen molar-refractivity contribution in [3.05, 3.63) is 48.3 Å². The molecule has 1 N–H and O–H groups in total. The highest BCUT2D eigenvalue weighted by atomic mass is 16.5. The molecule has 2 unspecified atom stereocenters. The van der Waals surface area contributed by atoms with Crippen LogP contribution >= 0.6 is 0 Å². The van der Waals surface area contributed by atoms with Crippen LogP contribution < -0.4 is 5.32 Å². The summed E-state index contributed by atoms with van der Waals surface area (Å²) in [6, 6.07) is 11.2. The van der Waals surface area contributed by atoms with Gasteiger partial charge in [-0.25, -0.2) is 4.98 Å². The van der Waals surface area contributed by atoms with Gasteiger partial charge in [0.05, 0.1) is 6.61 Å². The Hall–Kier alpha value is -1.81. The Morgan fingerprint density at radius 3 is 3.00 bits per heavy atom. The molecule has 3 rings (SSSR count). The SMILES string of the molecule is COCCNc1nccn1C1CC1c1ccccc1. The van der Waals surface area contributed by atoms with Gasteiger partial charge in [0.25, 0.3) is 0 Å². The molecule has 19 heavy (non-hydrogen) atoms. The second-order valence-electron chi connectivity index (χ2n) is 4.90. The summed E-state index contributed by atoms with van der Waals surface area (Å²) in [5, 5.41) is 3.31. The third kappa shape index (κ3) is 2.63. The number of nitrogens with zero attached hydrogens (tertiary/aromatic N) is 2. The predicted octanol–water partition coefficient (Wildman–Crippen LogP) is 2.67. The van der Waals surface area contributed by atoms with Crippen molar-refractivity contribution in [2.45, 2.75) is 18.4 Å². The monoisotopic (exact) mass is 257 g/mol. The first-order chi connectivity index (χ1) is 9.40. The van der Waals surface area contributed by atoms with Crippen LogP contribution in [0.3, 0.4) is 0 Å². The maximum absolute atomic E-state index is 5.05. The third-order valence-electron chi connectivity index (χ3n) is 3.60. The molecule has 1 heterocycles. The first-order valence-corrected chi connectivity index (χ1v) is 6.70. The number of rotatable bonds is 6. The lowest BCUT2D eigenvalue weighted by Gasteiger charge is -2.09. The largest absolute Gasteiger partial charge is 0.383 e. The lowest BCUT2D eigenvalue weighted by molar-refractivity contribution is 0.210. The van der Waals surface area contributed by atoms with E-state index in [2.05, 4.69) is 51.4 Å². The van der Waals surface area contributed by atoms with Crippen molar-refractivity contribution in [3.8, 4) is 0 Å². The van der Waals surface area contributed by atoms with Gasteiger partial charge in [0.2, 0.25) is 5.95 Å². The molecule has 0 aliphatic heterocycles. The van der Waals surface area contributed by atoms with Gasteiger partial charge in [0, 0.05) is 38.0 Å². The molecule has 100 valence electrons. The van der Waals surface area contributed by atoms with Crippen LogP contribution in [0.2, 0.25) is 0 Å². The van der Waals surface area contributed by atoms with Crippen LogP contribution in [-0.4, -0.2) is 29.8 Å². The van der Waals surface area contributed by atoms with Gasteiger partial charge in [0.1, 0.15) is 0 Å². The molecule has 0 radical (unpaired) electrons. The Labute approximate surface area is 113 Å². The number of hydrogen-bond acceptors (Lipinski definition) is 3. The van der Waals surface area contributed by atoms with Crippen molar-refractivity contribution in [1.82, 2.24) is 9.55 Å². The topological polar surface area (TPSA) is 39.1 Å². The Balaban J connectivity index is 1.67. The predicted molar refractivity (Wildman–Crippen MR) is 75.4 cm³/mol. The van der Waals surface area contributed by atoms with E-state index in [1.165, 1.54) is 12.0 Å². The van der Waals surface area contributed by atoms with Crippen LogP contribution in [0.15, 0.2) is 42.7 Å². The van der Waals surface area contributed by atoms with Crippen molar-refractivity contribution in [2.75, 3.05) is 25.6 Å². The van der Waals surface area contributed by atoms with Gasteiger partial charge in [-0.1, -0.05) is 30.3 Å². The van der Waals surface area contributed by atoms with E-state index in [0.29, 0.717) is 18.6 Å². The number of methoxy groups -OCH3 is 1. The lowest BCUT2D eigenvalue weighted by atomic mass is 10.1. The highest BCUT2D eigenvalue weighted by molar-refractivity contribution is 5.33. The molecule has 1 fully saturated rings. The fourth-order valence-corrected chi connectivity index (χ4v) is 2.53. The molecule has 1 aliphatic rings. The Morgan fingerprint density at radius 2 is 2.21 bits per heavy atom. The maximum atomic E-state index is 5.05. The number of nitrogens with one attached hydrogen (secondary N) is 1. The minimum Gasteiger partial charge on any atom is -0.383 e. The molecule has 0 saturated heterocycles. The summed E-state index contributed by atoms with van der Waals surface area (Å²) in [6.07, 6.45) is 5.11. The molecule has 4 heteroatoms. The van der Waals surface area contributed by atoms with Crippen LogP contribution in [0.5, 0.6) is 0 Å². The van der Waals surface area contributed by atoms with E-state index in [-0.39, 0.29) is 0 Å². The normalized spacial score (nSPS) is 21.3. The van der Waals surface area contributed by atoms with E-state index in [1.54, 1.807) is 7.11 Å². The molecular weight excluding hydrogens is 238 g/mol. The van der Waals surface area contributed by atoms with Gasteiger partial charge in [0.15, 0.2) is 0 Å².